The molecular formula is C18H23N2O2+. The van der Waals surface area contributed by atoms with Gasteiger partial charge in [0.1, 0.15) is 17.5 Å². The summed E-state index contributed by atoms with van der Waals surface area (Å²) < 4.78 is 5.45. The van der Waals surface area contributed by atoms with Crippen LogP contribution in [0.5, 0.6) is 11.5 Å². The maximum Gasteiger partial charge on any atom is 0.136 e. The van der Waals surface area contributed by atoms with Crippen LogP contribution in [0.2, 0.25) is 0 Å². The molecule has 0 amide bonds. The first-order chi connectivity index (χ1) is 10.6. The number of ether oxygens (including phenoxy) is 1. The Bertz CT molecular complexity index is 638. The average molecular weight is 299 g/mol. The monoisotopic (exact) mass is 299 g/mol. The summed E-state index contributed by atoms with van der Waals surface area (Å²) in [6.45, 7) is 0.622. The fraction of sp³-hybridized carbons (Fsp3) is 0.278. The average Bonchev–Trinajstić information content (AvgIpc) is 2.53. The van der Waals surface area contributed by atoms with Gasteiger partial charge in [-0.25, -0.2) is 0 Å². The van der Waals surface area contributed by atoms with E-state index in [1.807, 2.05) is 30.3 Å². The van der Waals surface area contributed by atoms with Gasteiger partial charge in [-0.05, 0) is 24.3 Å². The van der Waals surface area contributed by atoms with Crippen molar-refractivity contribution in [2.45, 2.75) is 6.04 Å². The van der Waals surface area contributed by atoms with E-state index in [-0.39, 0.29) is 11.8 Å². The Balaban J connectivity index is 2.18. The second-order valence-electron chi connectivity index (χ2n) is 5.42. The number of nitrogens with one attached hydrogen (secondary N) is 1. The molecule has 0 aromatic heterocycles. The highest BCUT2D eigenvalue weighted by molar-refractivity contribution is 5.83. The van der Waals surface area contributed by atoms with Gasteiger partial charge in [-0.1, -0.05) is 24.3 Å². The summed E-state index contributed by atoms with van der Waals surface area (Å²) in [6.07, 6.45) is 1.72. The Kier molecular flexibility index (Phi) is 5.55. The minimum Gasteiger partial charge on any atom is -0.507 e. The van der Waals surface area contributed by atoms with Gasteiger partial charge in [-0.2, -0.15) is 0 Å². The largest absolute Gasteiger partial charge is 0.507 e. The van der Waals surface area contributed by atoms with Gasteiger partial charge < -0.3 is 14.7 Å². The molecule has 0 saturated heterocycles. The normalized spacial score (nSPS) is 12.7. The zero-order valence-corrected chi connectivity index (χ0v) is 13.3. The lowest BCUT2D eigenvalue weighted by Crippen LogP contribution is -3.06. The highest BCUT2D eigenvalue weighted by atomic mass is 16.5. The predicted molar refractivity (Wildman–Crippen MR) is 89.1 cm³/mol. The van der Waals surface area contributed by atoms with E-state index in [1.54, 1.807) is 25.5 Å². The fourth-order valence-electron chi connectivity index (χ4n) is 2.40. The molecule has 0 bridgehead atoms. The summed E-state index contributed by atoms with van der Waals surface area (Å²) >= 11 is 0. The molecule has 0 aliphatic rings. The van der Waals surface area contributed by atoms with Crippen LogP contribution in [0, 0.1) is 0 Å². The first-order valence-corrected chi connectivity index (χ1v) is 7.34. The van der Waals surface area contributed by atoms with Crippen molar-refractivity contribution in [2.24, 2.45) is 4.99 Å². The van der Waals surface area contributed by atoms with Gasteiger partial charge in [0.05, 0.1) is 33.3 Å². The zero-order chi connectivity index (χ0) is 15.9. The maximum absolute atomic E-state index is 9.77. The number of phenolic OH excluding ortho intramolecular Hbond substituents is 1. The maximum atomic E-state index is 9.77. The van der Waals surface area contributed by atoms with Gasteiger partial charge >= 0.3 is 0 Å². The number of para-hydroxylation sites is 2. The summed E-state index contributed by atoms with van der Waals surface area (Å²) in [5, 5.41) is 9.77. The third kappa shape index (κ3) is 3.86. The van der Waals surface area contributed by atoms with Crippen LogP contribution in [0.4, 0.5) is 0 Å². The van der Waals surface area contributed by atoms with Crippen molar-refractivity contribution in [1.82, 2.24) is 0 Å². The van der Waals surface area contributed by atoms with E-state index in [4.69, 9.17) is 4.74 Å². The van der Waals surface area contributed by atoms with Gasteiger partial charge in [-0.15, -0.1) is 0 Å². The molecule has 0 heterocycles. The van der Waals surface area contributed by atoms with Crippen LogP contribution in [0.25, 0.3) is 0 Å². The third-order valence-electron chi connectivity index (χ3n) is 3.67. The predicted octanol–water partition coefficient (Wildman–Crippen LogP) is 1.71. The molecule has 0 spiro atoms. The molecule has 2 rings (SSSR count). The highest BCUT2D eigenvalue weighted by Crippen LogP contribution is 2.23. The molecule has 4 heteroatoms. The molecular weight excluding hydrogens is 276 g/mol. The smallest absolute Gasteiger partial charge is 0.136 e. The molecule has 0 aliphatic heterocycles. The quantitative estimate of drug-likeness (QED) is 0.798. The second-order valence-corrected chi connectivity index (χ2v) is 5.42. The first kappa shape index (κ1) is 16.0. The molecule has 2 N–H and O–H groups in total. The van der Waals surface area contributed by atoms with E-state index in [9.17, 15) is 5.11 Å². The van der Waals surface area contributed by atoms with E-state index in [2.05, 4.69) is 25.2 Å². The standard InChI is InChI=1S/C18H22N2O2/c1-20(2)16(15-9-5-7-11-18(15)22-3)13-19-12-14-8-4-6-10-17(14)21/h4-12,16,21H,13H2,1-3H3/p+1/t16-/m0/s1. The number of nitrogens with zero attached hydrogens (tertiary/aromatic N) is 1. The number of quaternary nitrogens is 1. The molecule has 0 radical (unpaired) electrons. The lowest BCUT2D eigenvalue weighted by molar-refractivity contribution is -0.890. The van der Waals surface area contributed by atoms with E-state index in [1.165, 1.54) is 4.90 Å². The molecule has 1 atom stereocenters. The lowest BCUT2D eigenvalue weighted by atomic mass is 10.0. The topological polar surface area (TPSA) is 46.3 Å². The van der Waals surface area contributed by atoms with Gasteiger partial charge in [0.15, 0.2) is 0 Å². The fourth-order valence-corrected chi connectivity index (χ4v) is 2.40. The van der Waals surface area contributed by atoms with Crippen LogP contribution in [0.3, 0.4) is 0 Å². The number of aromatic hydroxyl groups is 1. The Morgan fingerprint density at radius 3 is 2.50 bits per heavy atom. The molecule has 116 valence electrons. The van der Waals surface area contributed by atoms with Gasteiger partial charge in [0, 0.05) is 11.8 Å². The highest BCUT2D eigenvalue weighted by Gasteiger charge is 2.20. The number of phenols is 1. The number of methoxy groups -OCH3 is 1. The zero-order valence-electron chi connectivity index (χ0n) is 13.3. The number of likely N-dealkylation sites (N-methyl/N-ethyl adjacent to an activating group) is 1. The van der Waals surface area contributed by atoms with E-state index < -0.39 is 0 Å². The third-order valence-corrected chi connectivity index (χ3v) is 3.67. The van der Waals surface area contributed by atoms with Crippen LogP contribution in [0.15, 0.2) is 53.5 Å². The van der Waals surface area contributed by atoms with Crippen molar-refractivity contribution in [3.63, 3.8) is 0 Å². The van der Waals surface area contributed by atoms with Crippen molar-refractivity contribution in [2.75, 3.05) is 27.7 Å². The van der Waals surface area contributed by atoms with Gasteiger partial charge in [0.2, 0.25) is 0 Å². The molecule has 0 aliphatic carbocycles. The van der Waals surface area contributed by atoms with Gasteiger partial charge in [0.25, 0.3) is 0 Å². The Morgan fingerprint density at radius 1 is 1.14 bits per heavy atom. The molecule has 0 saturated carbocycles. The van der Waals surface area contributed by atoms with Crippen molar-refractivity contribution in [3.8, 4) is 11.5 Å². The number of rotatable bonds is 6. The molecule has 2 aromatic carbocycles. The van der Waals surface area contributed by atoms with E-state index in [0.29, 0.717) is 6.54 Å². The summed E-state index contributed by atoms with van der Waals surface area (Å²) in [4.78, 5) is 5.79. The molecule has 0 unspecified atom stereocenters. The number of aliphatic imine (C=N–C) groups is 1. The second kappa shape index (κ2) is 7.61. The van der Waals surface area contributed by atoms with Gasteiger partial charge in [-0.3, -0.25) is 4.99 Å². The minimum atomic E-state index is 0.193. The first-order valence-electron chi connectivity index (χ1n) is 7.34. The summed E-state index contributed by atoms with van der Waals surface area (Å²) in [5.41, 5.74) is 1.87. The Hall–Kier alpha value is -2.33. The van der Waals surface area contributed by atoms with E-state index in [0.717, 1.165) is 16.9 Å². The van der Waals surface area contributed by atoms with Crippen molar-refractivity contribution in [3.05, 3.63) is 59.7 Å². The number of hydrogen-bond donors (Lipinski definition) is 2. The minimum absolute atomic E-state index is 0.193. The van der Waals surface area contributed by atoms with Crippen molar-refractivity contribution >= 4 is 6.21 Å². The van der Waals surface area contributed by atoms with Crippen LogP contribution < -0.4 is 9.64 Å². The van der Waals surface area contributed by atoms with E-state index >= 15 is 0 Å². The van der Waals surface area contributed by atoms with Crippen LogP contribution in [-0.4, -0.2) is 39.1 Å². The molecule has 2 aromatic rings. The Labute approximate surface area is 131 Å². The Morgan fingerprint density at radius 2 is 1.82 bits per heavy atom. The summed E-state index contributed by atoms with van der Waals surface area (Å²) in [7, 11) is 5.89. The SMILES string of the molecule is COc1ccccc1[C@H](CN=Cc1ccccc1O)[NH+](C)C. The van der Waals surface area contributed by atoms with Crippen LogP contribution in [0.1, 0.15) is 17.2 Å². The number of hydrogen-bond acceptors (Lipinski definition) is 3. The van der Waals surface area contributed by atoms with Crippen LogP contribution in [-0.2, 0) is 0 Å². The number of benzene rings is 2. The summed E-state index contributed by atoms with van der Waals surface area (Å²) in [5.74, 6) is 1.13. The lowest BCUT2D eigenvalue weighted by Gasteiger charge is -2.21. The molecule has 0 fully saturated rings. The summed E-state index contributed by atoms with van der Waals surface area (Å²) in [6, 6.07) is 15.4. The van der Waals surface area contributed by atoms with Crippen LogP contribution >= 0.6 is 0 Å². The van der Waals surface area contributed by atoms with Crippen molar-refractivity contribution in [1.29, 1.82) is 0 Å². The molecule has 4 nitrogen and oxygen atoms in total. The van der Waals surface area contributed by atoms with Crippen molar-refractivity contribution < 1.29 is 14.7 Å². The molecule has 22 heavy (non-hydrogen) atoms.